The first-order chi connectivity index (χ1) is 13.4. The topological polar surface area (TPSA) is 65.5 Å². The van der Waals surface area contributed by atoms with Crippen molar-refractivity contribution in [1.29, 1.82) is 0 Å². The van der Waals surface area contributed by atoms with Gasteiger partial charge < -0.3 is 15.3 Å². The number of benzene rings is 1. The molecule has 1 aromatic carbocycles. The lowest BCUT2D eigenvalue weighted by Crippen LogP contribution is -2.44. The SMILES string of the molecule is O=C(Nc1cc(Cl)c(C2(O)CC2)cc1F)N1[C@H]2CC[C@@H]1c1ccnc(F)c1C2. The molecule has 5 nitrogen and oxygen atoms in total. The summed E-state index contributed by atoms with van der Waals surface area (Å²) in [6, 6.07) is 3.42. The highest BCUT2D eigenvalue weighted by Crippen LogP contribution is 2.49. The number of fused-ring (bicyclic) bond motifs is 4. The molecule has 0 unspecified atom stereocenters. The number of halogens is 3. The number of aliphatic hydroxyl groups is 1. The molecule has 5 rings (SSSR count). The number of pyridine rings is 1. The molecule has 3 heterocycles. The fraction of sp³-hybridized carbons (Fsp3) is 0.400. The highest BCUT2D eigenvalue weighted by atomic mass is 35.5. The Kier molecular flexibility index (Phi) is 3.90. The van der Waals surface area contributed by atoms with Gasteiger partial charge in [-0.3, -0.25) is 0 Å². The van der Waals surface area contributed by atoms with Crippen LogP contribution in [-0.2, 0) is 12.0 Å². The number of aromatic nitrogens is 1. The van der Waals surface area contributed by atoms with E-state index in [-0.39, 0.29) is 22.8 Å². The average molecular weight is 406 g/mol. The summed E-state index contributed by atoms with van der Waals surface area (Å²) < 4.78 is 28.6. The van der Waals surface area contributed by atoms with Crippen LogP contribution in [0.15, 0.2) is 24.4 Å². The molecule has 146 valence electrons. The van der Waals surface area contributed by atoms with Gasteiger partial charge in [0.2, 0.25) is 5.95 Å². The number of anilines is 1. The third kappa shape index (κ3) is 2.68. The van der Waals surface area contributed by atoms with Gasteiger partial charge in [0, 0.05) is 28.4 Å². The van der Waals surface area contributed by atoms with Crippen molar-refractivity contribution in [1.82, 2.24) is 9.88 Å². The Balaban J connectivity index is 1.42. The summed E-state index contributed by atoms with van der Waals surface area (Å²) in [6.45, 7) is 0. The molecular weight excluding hydrogens is 388 g/mol. The molecule has 0 radical (unpaired) electrons. The molecule has 1 aliphatic carbocycles. The standard InChI is InChI=1S/C20H18ClF2N3O2/c21-14-9-16(15(22)8-13(14)20(28)4-5-20)25-19(27)26-10-1-2-17(26)11-3-6-24-18(23)12(11)7-10/h3,6,8-10,17,28H,1-2,4-5,7H2,(H,25,27)/t10-,17+/m0/s1. The maximum atomic E-state index is 14.6. The number of hydrogen-bond donors (Lipinski definition) is 2. The number of hydrogen-bond acceptors (Lipinski definition) is 3. The smallest absolute Gasteiger partial charge is 0.322 e. The van der Waals surface area contributed by atoms with Gasteiger partial charge in [-0.15, -0.1) is 0 Å². The lowest BCUT2D eigenvalue weighted by Gasteiger charge is -2.36. The highest BCUT2D eigenvalue weighted by molar-refractivity contribution is 6.31. The van der Waals surface area contributed by atoms with E-state index in [0.717, 1.165) is 18.4 Å². The van der Waals surface area contributed by atoms with Crippen LogP contribution < -0.4 is 5.32 Å². The molecular formula is C20H18ClF2N3O2. The molecule has 1 saturated carbocycles. The van der Waals surface area contributed by atoms with E-state index in [2.05, 4.69) is 10.3 Å². The first kappa shape index (κ1) is 17.8. The van der Waals surface area contributed by atoms with Crippen LogP contribution in [-0.4, -0.2) is 27.1 Å². The van der Waals surface area contributed by atoms with Crippen LogP contribution in [0.25, 0.3) is 0 Å². The normalized spacial score (nSPS) is 24.1. The number of nitrogens with zero attached hydrogens (tertiary/aromatic N) is 2. The first-order valence-electron chi connectivity index (χ1n) is 9.32. The van der Waals surface area contributed by atoms with E-state index in [1.807, 2.05) is 0 Å². The van der Waals surface area contributed by atoms with E-state index in [4.69, 9.17) is 11.6 Å². The summed E-state index contributed by atoms with van der Waals surface area (Å²) in [5.41, 5.74) is 0.582. The van der Waals surface area contributed by atoms with Crippen molar-refractivity contribution in [2.24, 2.45) is 0 Å². The molecule has 2 aromatic rings. The number of carbonyl (C=O) groups is 1. The molecule has 0 spiro atoms. The second-order valence-corrected chi connectivity index (χ2v) is 8.21. The van der Waals surface area contributed by atoms with E-state index >= 15 is 0 Å². The Morgan fingerprint density at radius 3 is 2.86 bits per heavy atom. The summed E-state index contributed by atoms with van der Waals surface area (Å²) in [7, 11) is 0. The number of carbonyl (C=O) groups excluding carboxylic acids is 1. The fourth-order valence-corrected chi connectivity index (χ4v) is 4.83. The Labute approximate surface area is 165 Å². The van der Waals surface area contributed by atoms with E-state index < -0.39 is 23.4 Å². The Morgan fingerprint density at radius 1 is 1.32 bits per heavy atom. The van der Waals surface area contributed by atoms with Crippen molar-refractivity contribution in [2.45, 2.75) is 49.8 Å². The van der Waals surface area contributed by atoms with Crippen molar-refractivity contribution < 1.29 is 18.7 Å². The van der Waals surface area contributed by atoms with Gasteiger partial charge >= 0.3 is 6.03 Å². The second-order valence-electron chi connectivity index (χ2n) is 7.80. The zero-order chi connectivity index (χ0) is 19.6. The average Bonchev–Trinajstić information content (AvgIpc) is 3.32. The highest BCUT2D eigenvalue weighted by Gasteiger charge is 2.45. The third-order valence-electron chi connectivity index (χ3n) is 6.10. The summed E-state index contributed by atoms with van der Waals surface area (Å²) >= 11 is 6.21. The van der Waals surface area contributed by atoms with E-state index in [1.165, 1.54) is 18.3 Å². The minimum absolute atomic E-state index is 0.0332. The molecule has 2 amide bonds. The van der Waals surface area contributed by atoms with Crippen molar-refractivity contribution in [3.05, 3.63) is 57.9 Å². The molecule has 2 bridgehead atoms. The molecule has 2 N–H and O–H groups in total. The molecule has 2 aliphatic heterocycles. The predicted octanol–water partition coefficient (Wildman–Crippen LogP) is 4.29. The van der Waals surface area contributed by atoms with Gasteiger partial charge in [0.05, 0.1) is 17.3 Å². The Morgan fingerprint density at radius 2 is 2.11 bits per heavy atom. The van der Waals surface area contributed by atoms with Gasteiger partial charge in [-0.05, 0) is 55.9 Å². The Bertz CT molecular complexity index is 996. The number of nitrogens with one attached hydrogen (secondary N) is 1. The first-order valence-corrected chi connectivity index (χ1v) is 9.70. The van der Waals surface area contributed by atoms with Gasteiger partial charge in [0.15, 0.2) is 0 Å². The molecule has 28 heavy (non-hydrogen) atoms. The minimum atomic E-state index is -1.06. The van der Waals surface area contributed by atoms with E-state index in [0.29, 0.717) is 30.4 Å². The largest absolute Gasteiger partial charge is 0.385 e. The summed E-state index contributed by atoms with van der Waals surface area (Å²) in [6.07, 6.45) is 4.36. The predicted molar refractivity (Wildman–Crippen MR) is 99.1 cm³/mol. The van der Waals surface area contributed by atoms with Gasteiger partial charge in [-0.2, -0.15) is 4.39 Å². The van der Waals surface area contributed by atoms with Gasteiger partial charge in [-0.1, -0.05) is 11.6 Å². The van der Waals surface area contributed by atoms with Crippen molar-refractivity contribution in [3.63, 3.8) is 0 Å². The second kappa shape index (κ2) is 6.12. The van der Waals surface area contributed by atoms with Crippen LogP contribution in [0, 0.1) is 11.8 Å². The van der Waals surface area contributed by atoms with Crippen LogP contribution in [0.1, 0.15) is 48.4 Å². The molecule has 1 saturated heterocycles. The molecule has 2 fully saturated rings. The third-order valence-corrected chi connectivity index (χ3v) is 6.41. The van der Waals surface area contributed by atoms with Crippen LogP contribution in [0.4, 0.5) is 19.3 Å². The molecule has 1 aromatic heterocycles. The lowest BCUT2D eigenvalue weighted by atomic mass is 9.95. The Hall–Kier alpha value is -2.25. The van der Waals surface area contributed by atoms with Gasteiger partial charge in [-0.25, -0.2) is 14.2 Å². The quantitative estimate of drug-likeness (QED) is 0.732. The van der Waals surface area contributed by atoms with Crippen LogP contribution in [0.5, 0.6) is 0 Å². The zero-order valence-electron chi connectivity index (χ0n) is 14.9. The van der Waals surface area contributed by atoms with Gasteiger partial charge in [0.1, 0.15) is 5.82 Å². The van der Waals surface area contributed by atoms with Crippen LogP contribution in [0.3, 0.4) is 0 Å². The number of rotatable bonds is 2. The molecule has 8 heteroatoms. The fourth-order valence-electron chi connectivity index (χ4n) is 4.49. The maximum Gasteiger partial charge on any atom is 0.322 e. The van der Waals surface area contributed by atoms with Gasteiger partial charge in [0.25, 0.3) is 0 Å². The van der Waals surface area contributed by atoms with Crippen molar-refractivity contribution in [3.8, 4) is 0 Å². The zero-order valence-corrected chi connectivity index (χ0v) is 15.6. The van der Waals surface area contributed by atoms with E-state index in [9.17, 15) is 18.7 Å². The van der Waals surface area contributed by atoms with Crippen molar-refractivity contribution >= 4 is 23.3 Å². The summed E-state index contributed by atoms with van der Waals surface area (Å²) in [5.74, 6) is -1.13. The molecule has 3 aliphatic rings. The van der Waals surface area contributed by atoms with Crippen LogP contribution in [0.2, 0.25) is 5.02 Å². The molecule has 2 atom stereocenters. The number of amides is 2. The number of urea groups is 1. The summed E-state index contributed by atoms with van der Waals surface area (Å²) in [5, 5.41) is 13.0. The minimum Gasteiger partial charge on any atom is -0.385 e. The van der Waals surface area contributed by atoms with E-state index in [1.54, 1.807) is 11.0 Å². The monoisotopic (exact) mass is 405 g/mol. The lowest BCUT2D eigenvalue weighted by molar-refractivity contribution is 0.151. The maximum absolute atomic E-state index is 14.6. The van der Waals surface area contributed by atoms with Crippen LogP contribution >= 0.6 is 11.6 Å². The summed E-state index contributed by atoms with van der Waals surface area (Å²) in [4.78, 5) is 18.3. The van der Waals surface area contributed by atoms with Crippen molar-refractivity contribution in [2.75, 3.05) is 5.32 Å².